The van der Waals surface area contributed by atoms with Crippen LogP contribution in [-0.4, -0.2) is 23.5 Å². The van der Waals surface area contributed by atoms with Gasteiger partial charge in [0.1, 0.15) is 0 Å². The van der Waals surface area contributed by atoms with E-state index in [1.807, 2.05) is 0 Å². The highest BCUT2D eigenvalue weighted by molar-refractivity contribution is 5.83. The molecule has 0 bridgehead atoms. The van der Waals surface area contributed by atoms with Crippen molar-refractivity contribution < 1.29 is 0 Å². The number of benzene rings is 2. The van der Waals surface area contributed by atoms with Crippen molar-refractivity contribution >= 4 is 10.8 Å². The molecule has 1 heterocycles. The molecule has 1 aliphatic rings. The summed E-state index contributed by atoms with van der Waals surface area (Å²) in [6, 6.07) is 17.6. The minimum atomic E-state index is 0.0883. The second-order valence-electron chi connectivity index (χ2n) is 7.02. The number of hydrogen-bond acceptors (Lipinski definition) is 2. The molecule has 2 heteroatoms. The van der Waals surface area contributed by atoms with Crippen molar-refractivity contribution in [3.05, 3.63) is 48.0 Å². The smallest absolute Gasteiger partial charge is 0.0676 e. The van der Waals surface area contributed by atoms with E-state index >= 15 is 0 Å². The van der Waals surface area contributed by atoms with Crippen molar-refractivity contribution in [2.24, 2.45) is 5.92 Å². The van der Waals surface area contributed by atoms with E-state index in [9.17, 15) is 5.26 Å². The van der Waals surface area contributed by atoms with Gasteiger partial charge in [-0.05, 0) is 37.1 Å². The lowest BCUT2D eigenvalue weighted by Crippen LogP contribution is -2.39. The Hall–Kier alpha value is -1.85. The van der Waals surface area contributed by atoms with Gasteiger partial charge in [0.15, 0.2) is 0 Å². The van der Waals surface area contributed by atoms with E-state index in [4.69, 9.17) is 0 Å². The summed E-state index contributed by atoms with van der Waals surface area (Å²) in [6.45, 7) is 8.52. The van der Waals surface area contributed by atoms with Crippen LogP contribution in [0, 0.1) is 17.2 Å². The summed E-state index contributed by atoms with van der Waals surface area (Å²) in [6.07, 6.45) is 0. The van der Waals surface area contributed by atoms with Crippen LogP contribution in [0.25, 0.3) is 10.8 Å². The molecule has 2 aromatic rings. The molecule has 108 valence electrons. The van der Waals surface area contributed by atoms with E-state index in [0.29, 0.717) is 5.92 Å². The Morgan fingerprint density at radius 1 is 1.05 bits per heavy atom. The molecule has 0 saturated carbocycles. The maximum atomic E-state index is 9.52. The van der Waals surface area contributed by atoms with Gasteiger partial charge in [0, 0.05) is 24.5 Å². The van der Waals surface area contributed by atoms with Crippen LogP contribution in [0.3, 0.4) is 0 Å². The lowest BCUT2D eigenvalue weighted by Gasteiger charge is -2.31. The van der Waals surface area contributed by atoms with Crippen molar-refractivity contribution in [2.45, 2.75) is 32.2 Å². The second-order valence-corrected chi connectivity index (χ2v) is 7.02. The molecule has 2 nitrogen and oxygen atoms in total. The first-order chi connectivity index (χ1) is 9.99. The molecule has 1 aliphatic heterocycles. The van der Waals surface area contributed by atoms with Crippen LogP contribution in [-0.2, 0) is 0 Å². The molecule has 0 aromatic heterocycles. The second kappa shape index (κ2) is 5.16. The lowest BCUT2D eigenvalue weighted by molar-refractivity contribution is 0.170. The molecule has 0 radical (unpaired) electrons. The van der Waals surface area contributed by atoms with Crippen molar-refractivity contribution in [3.63, 3.8) is 0 Å². The van der Waals surface area contributed by atoms with Crippen LogP contribution >= 0.6 is 0 Å². The summed E-state index contributed by atoms with van der Waals surface area (Å²) in [5.74, 6) is 0.407. The first kappa shape index (κ1) is 14.1. The summed E-state index contributed by atoms with van der Waals surface area (Å²) in [7, 11) is 0. The third-order valence-corrected chi connectivity index (χ3v) is 4.64. The number of fused-ring (bicyclic) bond motifs is 1. The third kappa shape index (κ3) is 2.66. The van der Waals surface area contributed by atoms with Gasteiger partial charge in [-0.25, -0.2) is 0 Å². The van der Waals surface area contributed by atoms with Crippen LogP contribution in [0.1, 0.15) is 32.3 Å². The third-order valence-electron chi connectivity index (χ3n) is 4.64. The van der Waals surface area contributed by atoms with Crippen LogP contribution in [0.15, 0.2) is 42.5 Å². The van der Waals surface area contributed by atoms with E-state index in [1.165, 1.54) is 16.3 Å². The molecule has 2 aromatic carbocycles. The van der Waals surface area contributed by atoms with Gasteiger partial charge in [0.25, 0.3) is 0 Å². The molecule has 0 spiro atoms. The number of hydrogen-bond donors (Lipinski definition) is 0. The quantitative estimate of drug-likeness (QED) is 0.782. The van der Waals surface area contributed by atoms with Gasteiger partial charge in [0.2, 0.25) is 0 Å². The monoisotopic (exact) mass is 278 g/mol. The highest BCUT2D eigenvalue weighted by Gasteiger charge is 2.38. The standard InChI is InChI=1S/C19H22N2/c1-19(2,3)21-12-17(11-20)18(13-21)16-9-8-14-6-4-5-7-15(14)10-16/h4-10,17-18H,12-13H2,1-3H3/t17-,18+/m1/s1. The average Bonchev–Trinajstić information content (AvgIpc) is 2.91. The normalized spacial score (nSPS) is 23.3. The molecule has 0 amide bonds. The summed E-state index contributed by atoms with van der Waals surface area (Å²) in [5.41, 5.74) is 1.42. The van der Waals surface area contributed by atoms with Crippen molar-refractivity contribution in [1.82, 2.24) is 4.90 Å². The van der Waals surface area contributed by atoms with Gasteiger partial charge in [0.05, 0.1) is 12.0 Å². The minimum absolute atomic E-state index is 0.0883. The van der Waals surface area contributed by atoms with Crippen LogP contribution < -0.4 is 0 Å². The van der Waals surface area contributed by atoms with Gasteiger partial charge in [-0.15, -0.1) is 0 Å². The zero-order valence-electron chi connectivity index (χ0n) is 13.0. The van der Waals surface area contributed by atoms with E-state index in [0.717, 1.165) is 13.1 Å². The largest absolute Gasteiger partial charge is 0.297 e. The Morgan fingerprint density at radius 3 is 2.43 bits per heavy atom. The number of nitriles is 1. The summed E-state index contributed by atoms with van der Waals surface area (Å²) >= 11 is 0. The topological polar surface area (TPSA) is 27.0 Å². The predicted molar refractivity (Wildman–Crippen MR) is 87.1 cm³/mol. The zero-order chi connectivity index (χ0) is 15.0. The van der Waals surface area contributed by atoms with Crippen molar-refractivity contribution in [3.8, 4) is 6.07 Å². The van der Waals surface area contributed by atoms with E-state index in [2.05, 4.69) is 74.2 Å². The molecular formula is C19H22N2. The van der Waals surface area contributed by atoms with Crippen molar-refractivity contribution in [2.75, 3.05) is 13.1 Å². The SMILES string of the molecule is CC(C)(C)N1C[C@@H](C#N)[C@H](c2ccc3ccccc3c2)C1. The molecular weight excluding hydrogens is 256 g/mol. The fraction of sp³-hybridized carbons (Fsp3) is 0.421. The summed E-state index contributed by atoms with van der Waals surface area (Å²) in [4.78, 5) is 2.43. The number of likely N-dealkylation sites (tertiary alicyclic amines) is 1. The Labute approximate surface area is 127 Å². The Morgan fingerprint density at radius 2 is 1.76 bits per heavy atom. The fourth-order valence-corrected chi connectivity index (χ4v) is 3.26. The summed E-state index contributed by atoms with van der Waals surface area (Å²) < 4.78 is 0. The molecule has 0 unspecified atom stereocenters. The zero-order valence-corrected chi connectivity index (χ0v) is 13.0. The minimum Gasteiger partial charge on any atom is -0.297 e. The molecule has 1 saturated heterocycles. The molecule has 0 N–H and O–H groups in total. The van der Waals surface area contributed by atoms with Gasteiger partial charge < -0.3 is 0 Å². The van der Waals surface area contributed by atoms with E-state index in [-0.39, 0.29) is 11.5 Å². The van der Waals surface area contributed by atoms with Gasteiger partial charge in [-0.3, -0.25) is 4.90 Å². The van der Waals surface area contributed by atoms with Gasteiger partial charge >= 0.3 is 0 Å². The van der Waals surface area contributed by atoms with E-state index in [1.54, 1.807) is 0 Å². The molecule has 2 atom stereocenters. The average molecular weight is 278 g/mol. The first-order valence-corrected chi connectivity index (χ1v) is 7.62. The fourth-order valence-electron chi connectivity index (χ4n) is 3.26. The predicted octanol–water partition coefficient (Wildman–Crippen LogP) is 4.18. The van der Waals surface area contributed by atoms with E-state index < -0.39 is 0 Å². The Kier molecular flexibility index (Phi) is 3.47. The maximum Gasteiger partial charge on any atom is 0.0676 e. The Bertz CT molecular complexity index is 691. The Balaban J connectivity index is 1.95. The van der Waals surface area contributed by atoms with Gasteiger partial charge in [-0.1, -0.05) is 42.5 Å². The lowest BCUT2D eigenvalue weighted by atomic mass is 9.89. The van der Waals surface area contributed by atoms with Crippen LogP contribution in [0.4, 0.5) is 0 Å². The molecule has 0 aliphatic carbocycles. The maximum absolute atomic E-state index is 9.52. The van der Waals surface area contributed by atoms with Gasteiger partial charge in [-0.2, -0.15) is 5.26 Å². The number of rotatable bonds is 1. The summed E-state index contributed by atoms with van der Waals surface area (Å²) in [5, 5.41) is 12.0. The van der Waals surface area contributed by atoms with Crippen LogP contribution in [0.2, 0.25) is 0 Å². The highest BCUT2D eigenvalue weighted by atomic mass is 15.2. The first-order valence-electron chi connectivity index (χ1n) is 7.62. The highest BCUT2D eigenvalue weighted by Crippen LogP contribution is 2.36. The van der Waals surface area contributed by atoms with Crippen molar-refractivity contribution in [1.29, 1.82) is 5.26 Å². The molecule has 1 fully saturated rings. The van der Waals surface area contributed by atoms with Crippen LogP contribution in [0.5, 0.6) is 0 Å². The molecule has 3 rings (SSSR count). The molecule has 21 heavy (non-hydrogen) atoms. The number of nitrogens with zero attached hydrogens (tertiary/aromatic N) is 2.